The Balaban J connectivity index is 1.47. The van der Waals surface area contributed by atoms with E-state index >= 15 is 0 Å². The van der Waals surface area contributed by atoms with Gasteiger partial charge in [-0.3, -0.25) is 9.36 Å². The summed E-state index contributed by atoms with van der Waals surface area (Å²) in [5.74, 6) is -0.0750. The van der Waals surface area contributed by atoms with Crippen LogP contribution in [0.15, 0.2) is 59.7 Å². The van der Waals surface area contributed by atoms with Gasteiger partial charge < -0.3 is 15.4 Å². The summed E-state index contributed by atoms with van der Waals surface area (Å²) in [4.78, 5) is 15.3. The molecule has 0 spiro atoms. The second-order valence-corrected chi connectivity index (χ2v) is 8.68. The van der Waals surface area contributed by atoms with Crippen molar-refractivity contribution >= 4 is 46.7 Å². The number of ether oxygens (including phenoxy) is 1. The van der Waals surface area contributed by atoms with Crippen LogP contribution in [0.1, 0.15) is 22.2 Å². The van der Waals surface area contributed by atoms with Crippen LogP contribution in [0.3, 0.4) is 0 Å². The molecule has 0 bridgehead atoms. The highest BCUT2D eigenvalue weighted by Gasteiger charge is 2.18. The van der Waals surface area contributed by atoms with E-state index in [-0.39, 0.29) is 5.91 Å². The molecule has 0 unspecified atom stereocenters. The molecule has 0 radical (unpaired) electrons. The predicted molar refractivity (Wildman–Crippen MR) is 128 cm³/mol. The summed E-state index contributed by atoms with van der Waals surface area (Å²) < 4.78 is 7.60. The largest absolute Gasteiger partial charge is 0.383 e. The number of nitrogens with one attached hydrogen (secondary N) is 1. The van der Waals surface area contributed by atoms with Crippen LogP contribution < -0.4 is 16.1 Å². The smallest absolute Gasteiger partial charge is 0.285 e. The maximum absolute atomic E-state index is 12.7. The Hall–Kier alpha value is -3.01. The minimum Gasteiger partial charge on any atom is -0.383 e. The summed E-state index contributed by atoms with van der Waals surface area (Å²) in [6.45, 7) is 5.12. The molecule has 1 aliphatic rings. The lowest BCUT2D eigenvalue weighted by Crippen LogP contribution is -2.36. The average Bonchev–Trinajstić information content (AvgIpc) is 3.12. The molecule has 1 aromatic heterocycles. The molecule has 0 saturated carbocycles. The molecule has 1 saturated heterocycles. The highest BCUT2D eigenvalue weighted by atomic mass is 32.1. The van der Waals surface area contributed by atoms with E-state index in [4.69, 9.17) is 22.7 Å². The number of hydrazone groups is 1. The van der Waals surface area contributed by atoms with Crippen LogP contribution in [0.5, 0.6) is 0 Å². The third-order valence-electron chi connectivity index (χ3n) is 5.05. The first-order valence-electron chi connectivity index (χ1n) is 9.89. The number of nitrogens with zero attached hydrogens (tertiary/aromatic N) is 3. The van der Waals surface area contributed by atoms with Crippen molar-refractivity contribution < 1.29 is 9.53 Å². The fourth-order valence-corrected chi connectivity index (χ4v) is 4.61. The van der Waals surface area contributed by atoms with Crippen molar-refractivity contribution in [2.75, 3.05) is 36.9 Å². The van der Waals surface area contributed by atoms with E-state index < -0.39 is 0 Å². The number of aromatic nitrogens is 1. The zero-order valence-corrected chi connectivity index (χ0v) is 18.7. The molecule has 31 heavy (non-hydrogen) atoms. The summed E-state index contributed by atoms with van der Waals surface area (Å²) in [6.07, 6.45) is 0. The first-order chi connectivity index (χ1) is 15.0. The number of carbonyl (C=O) groups excluding carboxylic acids is 1. The number of amides is 1. The second kappa shape index (κ2) is 9.42. The van der Waals surface area contributed by atoms with Gasteiger partial charge in [0.15, 0.2) is 3.95 Å². The van der Waals surface area contributed by atoms with Gasteiger partial charge in [0.2, 0.25) is 0 Å². The third-order valence-corrected chi connectivity index (χ3v) is 6.44. The molecule has 1 aliphatic heterocycles. The highest BCUT2D eigenvalue weighted by Crippen LogP contribution is 2.26. The van der Waals surface area contributed by atoms with Crippen LogP contribution >= 0.6 is 23.6 Å². The molecular formula is C22H23N5O2S2. The zero-order chi connectivity index (χ0) is 21.8. The Labute approximate surface area is 189 Å². The van der Waals surface area contributed by atoms with Crippen LogP contribution in [-0.2, 0) is 4.74 Å². The molecule has 2 heterocycles. The van der Waals surface area contributed by atoms with Gasteiger partial charge in [-0.2, -0.15) is 5.10 Å². The third kappa shape index (κ3) is 4.68. The minimum absolute atomic E-state index is 0.307. The minimum atomic E-state index is -0.382. The average molecular weight is 454 g/mol. The number of nitrogen functional groups attached to an aromatic ring is 1. The maximum atomic E-state index is 12.7. The first kappa shape index (κ1) is 21.2. The molecule has 4 rings (SSSR count). The van der Waals surface area contributed by atoms with E-state index in [2.05, 4.69) is 27.6 Å². The van der Waals surface area contributed by atoms with Crippen LogP contribution in [0, 0.1) is 3.95 Å². The molecule has 1 amide bonds. The molecule has 3 N–H and O–H groups in total. The summed E-state index contributed by atoms with van der Waals surface area (Å²) in [6, 6.07) is 17.6. The Morgan fingerprint density at radius 3 is 2.45 bits per heavy atom. The van der Waals surface area contributed by atoms with E-state index in [1.807, 2.05) is 49.4 Å². The van der Waals surface area contributed by atoms with Crippen LogP contribution in [0.25, 0.3) is 5.69 Å². The van der Waals surface area contributed by atoms with Gasteiger partial charge in [-0.05, 0) is 49.0 Å². The van der Waals surface area contributed by atoms with Gasteiger partial charge in [-0.15, -0.1) is 0 Å². The Kier molecular flexibility index (Phi) is 6.45. The van der Waals surface area contributed by atoms with Gasteiger partial charge in [0.25, 0.3) is 5.91 Å². The fourth-order valence-electron chi connectivity index (χ4n) is 3.35. The van der Waals surface area contributed by atoms with Gasteiger partial charge in [-0.25, -0.2) is 5.43 Å². The Morgan fingerprint density at radius 1 is 1.10 bits per heavy atom. The molecule has 160 valence electrons. The SMILES string of the molecule is C/C(=N\NC(=O)c1sc(=S)n(-c2ccccc2)c1N)c1ccc(N2CCOCC2)cc1. The second-order valence-electron chi connectivity index (χ2n) is 7.04. The fraction of sp³-hybridized carbons (Fsp3) is 0.227. The van der Waals surface area contributed by atoms with Crippen molar-refractivity contribution in [1.29, 1.82) is 0 Å². The number of rotatable bonds is 5. The highest BCUT2D eigenvalue weighted by molar-refractivity contribution is 7.73. The Bertz CT molecular complexity index is 1150. The van der Waals surface area contributed by atoms with Crippen LogP contribution in [-0.4, -0.2) is 42.5 Å². The summed E-state index contributed by atoms with van der Waals surface area (Å²) >= 11 is 6.58. The van der Waals surface area contributed by atoms with E-state index in [1.165, 1.54) is 0 Å². The number of hydrogen-bond donors (Lipinski definition) is 2. The number of anilines is 2. The zero-order valence-electron chi connectivity index (χ0n) is 17.1. The number of hydrogen-bond acceptors (Lipinski definition) is 7. The van der Waals surface area contributed by atoms with Crippen molar-refractivity contribution in [1.82, 2.24) is 9.99 Å². The normalized spacial score (nSPS) is 14.5. The number of morpholine rings is 1. The molecule has 2 aromatic carbocycles. The van der Waals surface area contributed by atoms with Crippen molar-refractivity contribution in [2.45, 2.75) is 6.92 Å². The van der Waals surface area contributed by atoms with Crippen LogP contribution in [0.2, 0.25) is 0 Å². The lowest BCUT2D eigenvalue weighted by atomic mass is 10.1. The monoisotopic (exact) mass is 453 g/mol. The summed E-state index contributed by atoms with van der Waals surface area (Å²) in [7, 11) is 0. The van der Waals surface area contributed by atoms with Crippen LogP contribution in [0.4, 0.5) is 11.5 Å². The number of para-hydroxylation sites is 1. The number of benzene rings is 2. The lowest BCUT2D eigenvalue weighted by molar-refractivity contribution is 0.0959. The molecule has 0 aliphatic carbocycles. The maximum Gasteiger partial charge on any atom is 0.285 e. The van der Waals surface area contributed by atoms with Gasteiger partial charge in [0.05, 0.1) is 18.9 Å². The van der Waals surface area contributed by atoms with Crippen molar-refractivity contribution in [3.05, 3.63) is 69.0 Å². The first-order valence-corrected chi connectivity index (χ1v) is 11.1. The van der Waals surface area contributed by atoms with E-state index in [0.717, 1.165) is 54.6 Å². The predicted octanol–water partition coefficient (Wildman–Crippen LogP) is 3.84. The summed E-state index contributed by atoms with van der Waals surface area (Å²) in [5.41, 5.74) is 12.4. The lowest BCUT2D eigenvalue weighted by Gasteiger charge is -2.28. The Morgan fingerprint density at radius 2 is 1.77 bits per heavy atom. The standard InChI is InChI=1S/C22H23N5O2S2/c1-15(16-7-9-17(10-8-16)26-11-13-29-14-12-26)24-25-21(28)19-20(23)27(22(30)31-19)18-5-3-2-4-6-18/h2-10H,11-14,23H2,1H3,(H,25,28)/b24-15+. The van der Waals surface area contributed by atoms with Gasteiger partial charge in [-0.1, -0.05) is 41.7 Å². The number of thiazole rings is 1. The van der Waals surface area contributed by atoms with Crippen molar-refractivity contribution in [2.24, 2.45) is 5.10 Å². The van der Waals surface area contributed by atoms with E-state index in [0.29, 0.717) is 20.4 Å². The van der Waals surface area contributed by atoms with E-state index in [9.17, 15) is 4.79 Å². The van der Waals surface area contributed by atoms with Crippen molar-refractivity contribution in [3.63, 3.8) is 0 Å². The van der Waals surface area contributed by atoms with E-state index in [1.54, 1.807) is 4.57 Å². The van der Waals surface area contributed by atoms with Gasteiger partial charge >= 0.3 is 0 Å². The number of carbonyl (C=O) groups is 1. The molecule has 7 nitrogen and oxygen atoms in total. The van der Waals surface area contributed by atoms with Gasteiger partial charge in [0, 0.05) is 24.5 Å². The number of nitrogens with two attached hydrogens (primary N) is 1. The molecule has 0 atom stereocenters. The molecule has 9 heteroatoms. The molecule has 1 fully saturated rings. The quantitative estimate of drug-likeness (QED) is 0.348. The topological polar surface area (TPSA) is 84.9 Å². The molecular weight excluding hydrogens is 430 g/mol. The summed E-state index contributed by atoms with van der Waals surface area (Å²) in [5, 5.41) is 4.26. The molecule has 3 aromatic rings. The van der Waals surface area contributed by atoms with Crippen molar-refractivity contribution in [3.8, 4) is 5.69 Å². The van der Waals surface area contributed by atoms with Gasteiger partial charge in [0.1, 0.15) is 10.7 Å².